The molecule has 30 heavy (non-hydrogen) atoms. The van der Waals surface area contributed by atoms with Crippen LogP contribution < -0.4 is 9.46 Å². The lowest BCUT2D eigenvalue weighted by Crippen LogP contribution is -2.42. The fourth-order valence-electron chi connectivity index (χ4n) is 3.27. The highest BCUT2D eigenvalue weighted by Gasteiger charge is 2.38. The van der Waals surface area contributed by atoms with E-state index in [0.717, 1.165) is 10.9 Å². The second kappa shape index (κ2) is 8.78. The predicted molar refractivity (Wildman–Crippen MR) is 121 cm³/mol. The van der Waals surface area contributed by atoms with E-state index in [2.05, 4.69) is 14.7 Å². The third-order valence-corrected chi connectivity index (χ3v) is 8.67. The van der Waals surface area contributed by atoms with Gasteiger partial charge in [0, 0.05) is 48.4 Å². The Morgan fingerprint density at radius 2 is 1.97 bits per heavy atom. The van der Waals surface area contributed by atoms with Crippen molar-refractivity contribution in [3.8, 4) is 5.88 Å². The van der Waals surface area contributed by atoms with Crippen LogP contribution in [-0.2, 0) is 21.2 Å². The number of pyridine rings is 2. The number of hydrogen-bond donors (Lipinski definition) is 1. The minimum absolute atomic E-state index is 0.189. The Kier molecular flexibility index (Phi) is 6.89. The maximum absolute atomic E-state index is 12.6. The summed E-state index contributed by atoms with van der Waals surface area (Å²) in [5, 5.41) is 1.50. The highest BCUT2D eigenvalue weighted by atomic mass is 35.5. The van der Waals surface area contributed by atoms with Gasteiger partial charge >= 0.3 is 0 Å². The Bertz CT molecular complexity index is 1020. The number of nitrogens with zero attached hydrogens (tertiary/aromatic N) is 2. The topological polar surface area (TPSA) is 104 Å². The maximum Gasteiger partial charge on any atom is 0.223 e. The lowest BCUT2D eigenvalue weighted by molar-refractivity contribution is 0.119. The van der Waals surface area contributed by atoms with Crippen LogP contribution in [0.3, 0.4) is 0 Å². The number of halogens is 1. The fourth-order valence-corrected chi connectivity index (χ4v) is 5.46. The Labute approximate surface area is 186 Å². The molecular formula is C20H28ClN3O4S2. The second-order valence-electron chi connectivity index (χ2n) is 8.69. The molecule has 10 heteroatoms. The van der Waals surface area contributed by atoms with E-state index in [0.29, 0.717) is 35.7 Å². The van der Waals surface area contributed by atoms with E-state index >= 15 is 0 Å². The van der Waals surface area contributed by atoms with Crippen molar-refractivity contribution in [2.45, 2.75) is 69.1 Å². The molecule has 0 saturated heterocycles. The van der Waals surface area contributed by atoms with Crippen molar-refractivity contribution in [1.82, 2.24) is 14.7 Å². The van der Waals surface area contributed by atoms with Gasteiger partial charge < -0.3 is 9.29 Å². The molecule has 0 radical (unpaired) electrons. The third-order valence-electron chi connectivity index (χ3n) is 5.26. The van der Waals surface area contributed by atoms with Gasteiger partial charge in [-0.05, 0) is 38.6 Å². The van der Waals surface area contributed by atoms with E-state index < -0.39 is 25.9 Å². The summed E-state index contributed by atoms with van der Waals surface area (Å²) >= 11 is 4.91. The number of rotatable bonds is 7. The molecule has 166 valence electrons. The Morgan fingerprint density at radius 3 is 2.53 bits per heavy atom. The SMILES string of the molecule is CC[C@@H](N[S+]([O-])C(C)(C)C)c1cnc(OC2CC(S(C)(=O)=O)C2)c2cnc(Cl)cc12. The first-order chi connectivity index (χ1) is 13.9. The molecule has 1 aliphatic rings. The van der Waals surface area contributed by atoms with Crippen molar-refractivity contribution in [3.05, 3.63) is 29.2 Å². The molecular weight excluding hydrogens is 446 g/mol. The summed E-state index contributed by atoms with van der Waals surface area (Å²) in [5.41, 5.74) is 0.865. The summed E-state index contributed by atoms with van der Waals surface area (Å²) in [7, 11) is -3.05. The van der Waals surface area contributed by atoms with Crippen LogP contribution in [0, 0.1) is 0 Å². The van der Waals surface area contributed by atoms with Crippen molar-refractivity contribution in [2.75, 3.05) is 6.26 Å². The highest BCUT2D eigenvalue weighted by molar-refractivity contribution is 7.91. The molecule has 7 nitrogen and oxygen atoms in total. The van der Waals surface area contributed by atoms with Crippen molar-refractivity contribution in [2.24, 2.45) is 0 Å². The third kappa shape index (κ3) is 5.19. The van der Waals surface area contributed by atoms with Gasteiger partial charge in [-0.15, -0.1) is 4.72 Å². The molecule has 0 bridgehead atoms. The van der Waals surface area contributed by atoms with Gasteiger partial charge in [-0.2, -0.15) is 0 Å². The monoisotopic (exact) mass is 473 g/mol. The van der Waals surface area contributed by atoms with E-state index in [-0.39, 0.29) is 17.4 Å². The zero-order valence-electron chi connectivity index (χ0n) is 17.8. The van der Waals surface area contributed by atoms with E-state index in [1.54, 1.807) is 18.5 Å². The highest BCUT2D eigenvalue weighted by Crippen LogP contribution is 2.36. The maximum atomic E-state index is 12.6. The summed E-state index contributed by atoms with van der Waals surface area (Å²) in [6.07, 6.45) is 5.99. The Hall–Kier alpha value is -1.13. The van der Waals surface area contributed by atoms with Crippen LogP contribution in [0.5, 0.6) is 5.88 Å². The molecule has 0 amide bonds. The lowest BCUT2D eigenvalue weighted by atomic mass is 9.95. The molecule has 2 atom stereocenters. The number of hydrogen-bond acceptors (Lipinski definition) is 7. The van der Waals surface area contributed by atoms with Gasteiger partial charge in [0.2, 0.25) is 5.88 Å². The summed E-state index contributed by atoms with van der Waals surface area (Å²) in [6.45, 7) is 7.76. The number of nitrogens with one attached hydrogen (secondary N) is 1. The average Bonchev–Trinajstić information content (AvgIpc) is 2.60. The van der Waals surface area contributed by atoms with Crippen LogP contribution in [0.2, 0.25) is 5.15 Å². The molecule has 0 spiro atoms. The quantitative estimate of drug-likeness (QED) is 0.482. The van der Waals surface area contributed by atoms with Crippen LogP contribution >= 0.6 is 11.6 Å². The Balaban J connectivity index is 1.90. The Morgan fingerprint density at radius 1 is 1.30 bits per heavy atom. The summed E-state index contributed by atoms with van der Waals surface area (Å²) in [4.78, 5) is 8.66. The summed E-state index contributed by atoms with van der Waals surface area (Å²) in [6, 6.07) is 1.57. The molecule has 0 aliphatic heterocycles. The minimum Gasteiger partial charge on any atom is -0.598 e. The normalized spacial score (nSPS) is 21.8. The van der Waals surface area contributed by atoms with Gasteiger partial charge in [0.25, 0.3) is 0 Å². The molecule has 2 aromatic rings. The van der Waals surface area contributed by atoms with Crippen LogP contribution in [0.15, 0.2) is 18.5 Å². The van der Waals surface area contributed by atoms with Gasteiger partial charge in [-0.25, -0.2) is 18.4 Å². The van der Waals surface area contributed by atoms with Gasteiger partial charge in [-0.1, -0.05) is 18.5 Å². The van der Waals surface area contributed by atoms with Crippen molar-refractivity contribution in [1.29, 1.82) is 0 Å². The molecule has 1 N–H and O–H groups in total. The molecule has 3 rings (SSSR count). The summed E-state index contributed by atoms with van der Waals surface area (Å²) in [5.74, 6) is 0.404. The van der Waals surface area contributed by atoms with Gasteiger partial charge in [0.05, 0.1) is 16.7 Å². The lowest BCUT2D eigenvalue weighted by Gasteiger charge is -2.34. The molecule has 1 saturated carbocycles. The van der Waals surface area contributed by atoms with E-state index in [4.69, 9.17) is 16.3 Å². The van der Waals surface area contributed by atoms with Crippen molar-refractivity contribution < 1.29 is 17.7 Å². The van der Waals surface area contributed by atoms with Crippen LogP contribution in [0.1, 0.15) is 58.6 Å². The van der Waals surface area contributed by atoms with Crippen LogP contribution in [0.25, 0.3) is 10.8 Å². The number of aromatic nitrogens is 2. The molecule has 2 aromatic heterocycles. The van der Waals surface area contributed by atoms with E-state index in [1.807, 2.05) is 27.7 Å². The van der Waals surface area contributed by atoms with E-state index in [9.17, 15) is 13.0 Å². The molecule has 2 heterocycles. The zero-order valence-corrected chi connectivity index (χ0v) is 20.2. The number of sulfone groups is 1. The number of fused-ring (bicyclic) bond motifs is 1. The average molecular weight is 474 g/mol. The fraction of sp³-hybridized carbons (Fsp3) is 0.600. The first-order valence-electron chi connectivity index (χ1n) is 9.88. The first-order valence-corrected chi connectivity index (χ1v) is 13.4. The molecule has 1 unspecified atom stereocenters. The van der Waals surface area contributed by atoms with Gasteiger partial charge in [0.15, 0.2) is 9.84 Å². The molecule has 0 aromatic carbocycles. The van der Waals surface area contributed by atoms with Crippen molar-refractivity contribution >= 4 is 43.6 Å². The van der Waals surface area contributed by atoms with Crippen LogP contribution in [0.4, 0.5) is 0 Å². The standard InChI is InChI=1S/C20H28ClN3O4S2/c1-6-17(24-29(25)20(2,3)4)15-10-23-19(16-11-22-18(21)9-14(15)16)28-12-7-13(8-12)30(5,26)27/h9-13,17,24H,6-8H2,1-5H3/t12?,13?,17-,29?/m1/s1. The van der Waals surface area contributed by atoms with Crippen LogP contribution in [-0.4, -0.2) is 45.3 Å². The largest absolute Gasteiger partial charge is 0.598 e. The zero-order chi connectivity index (χ0) is 22.3. The number of ether oxygens (including phenoxy) is 1. The predicted octanol–water partition coefficient (Wildman–Crippen LogP) is 3.74. The van der Waals surface area contributed by atoms with Gasteiger partial charge in [0.1, 0.15) is 16.0 Å². The molecule has 1 aliphatic carbocycles. The van der Waals surface area contributed by atoms with E-state index in [1.165, 1.54) is 6.26 Å². The minimum atomic E-state index is -3.05. The second-order valence-corrected chi connectivity index (χ2v) is 13.4. The smallest absolute Gasteiger partial charge is 0.223 e. The first kappa shape index (κ1) is 23.5. The van der Waals surface area contributed by atoms with Gasteiger partial charge in [-0.3, -0.25) is 0 Å². The molecule has 1 fully saturated rings. The van der Waals surface area contributed by atoms with Crippen molar-refractivity contribution in [3.63, 3.8) is 0 Å². The summed E-state index contributed by atoms with van der Waals surface area (Å²) < 4.78 is 44.7.